The molecule has 1 unspecified atom stereocenters. The van der Waals surface area contributed by atoms with Gasteiger partial charge in [-0.25, -0.2) is 4.99 Å². The summed E-state index contributed by atoms with van der Waals surface area (Å²) in [6.07, 6.45) is 0. The molecule has 0 bridgehead atoms. The number of rotatable bonds is 6. The van der Waals surface area contributed by atoms with Crippen LogP contribution in [0.1, 0.15) is 11.5 Å². The zero-order chi connectivity index (χ0) is 18.5. The fourth-order valence-electron chi connectivity index (χ4n) is 2.88. The van der Waals surface area contributed by atoms with E-state index in [2.05, 4.69) is 4.99 Å². The summed E-state index contributed by atoms with van der Waals surface area (Å²) in [4.78, 5) is 31.4. The molecule has 0 saturated carbocycles. The first-order valence-electron chi connectivity index (χ1n) is 8.28. The van der Waals surface area contributed by atoms with Crippen molar-refractivity contribution in [3.05, 3.63) is 60.2 Å². The number of amides is 2. The van der Waals surface area contributed by atoms with Crippen LogP contribution < -0.4 is 4.74 Å². The van der Waals surface area contributed by atoms with Crippen molar-refractivity contribution in [1.82, 2.24) is 4.90 Å². The van der Waals surface area contributed by atoms with Crippen molar-refractivity contribution < 1.29 is 19.1 Å². The third-order valence-corrected chi connectivity index (χ3v) is 4.22. The Kier molecular flexibility index (Phi) is 5.43. The average molecular weight is 352 g/mol. The molecule has 6 heteroatoms. The Labute approximate surface area is 152 Å². The van der Waals surface area contributed by atoms with Gasteiger partial charge in [-0.1, -0.05) is 30.3 Å². The summed E-state index contributed by atoms with van der Waals surface area (Å²) in [6.45, 7) is 0.494. The Morgan fingerprint density at radius 1 is 1.00 bits per heavy atom. The van der Waals surface area contributed by atoms with Crippen LogP contribution in [0.25, 0.3) is 0 Å². The van der Waals surface area contributed by atoms with Gasteiger partial charge >= 0.3 is 0 Å². The molecule has 3 rings (SSSR count). The molecule has 1 heterocycles. The molecule has 1 fully saturated rings. The number of ether oxygens (including phenoxy) is 2. The van der Waals surface area contributed by atoms with Crippen LogP contribution in [0.3, 0.4) is 0 Å². The predicted molar refractivity (Wildman–Crippen MR) is 97.9 cm³/mol. The van der Waals surface area contributed by atoms with E-state index in [9.17, 15) is 9.59 Å². The SMILES string of the molecule is COCCN1C(=O)C(=Nc2ccc(OC)cc2)C(c2ccccc2)C1=O. The molecule has 2 aromatic rings. The number of nitrogens with zero attached hydrogens (tertiary/aromatic N) is 2. The standard InChI is InChI=1S/C20H20N2O4/c1-25-13-12-22-19(23)17(14-6-4-3-5-7-14)18(20(22)24)21-15-8-10-16(26-2)11-9-15/h3-11,17H,12-13H2,1-2H3. The number of methoxy groups -OCH3 is 2. The van der Waals surface area contributed by atoms with E-state index in [0.29, 0.717) is 11.4 Å². The van der Waals surface area contributed by atoms with Crippen LogP contribution in [0, 0.1) is 0 Å². The molecule has 0 radical (unpaired) electrons. The van der Waals surface area contributed by atoms with Crippen molar-refractivity contribution in [2.24, 2.45) is 4.99 Å². The summed E-state index contributed by atoms with van der Waals surface area (Å²) in [5.41, 5.74) is 1.57. The number of benzene rings is 2. The smallest absolute Gasteiger partial charge is 0.276 e. The molecule has 2 aromatic carbocycles. The topological polar surface area (TPSA) is 68.2 Å². The largest absolute Gasteiger partial charge is 0.497 e. The molecule has 0 N–H and O–H groups in total. The lowest BCUT2D eigenvalue weighted by molar-refractivity contribution is -0.138. The highest BCUT2D eigenvalue weighted by atomic mass is 16.5. The minimum Gasteiger partial charge on any atom is -0.497 e. The number of carbonyl (C=O) groups excluding carboxylic acids is 2. The molecular weight excluding hydrogens is 332 g/mol. The van der Waals surface area contributed by atoms with E-state index < -0.39 is 5.92 Å². The lowest BCUT2D eigenvalue weighted by Crippen LogP contribution is -2.34. The van der Waals surface area contributed by atoms with Gasteiger partial charge in [0.15, 0.2) is 0 Å². The zero-order valence-corrected chi connectivity index (χ0v) is 14.7. The summed E-state index contributed by atoms with van der Waals surface area (Å²) in [5.74, 6) is -0.658. The van der Waals surface area contributed by atoms with Crippen LogP contribution in [0.15, 0.2) is 59.6 Å². The second kappa shape index (κ2) is 7.93. The van der Waals surface area contributed by atoms with Gasteiger partial charge in [0.1, 0.15) is 17.4 Å². The van der Waals surface area contributed by atoms with Gasteiger partial charge in [0.2, 0.25) is 5.91 Å². The maximum absolute atomic E-state index is 12.9. The Morgan fingerprint density at radius 3 is 2.31 bits per heavy atom. The third kappa shape index (κ3) is 3.50. The molecule has 2 amide bonds. The normalized spacial score (nSPS) is 18.6. The molecule has 0 aromatic heterocycles. The highest BCUT2D eigenvalue weighted by Gasteiger charge is 2.45. The van der Waals surface area contributed by atoms with Crippen molar-refractivity contribution in [3.8, 4) is 5.75 Å². The predicted octanol–water partition coefficient (Wildman–Crippen LogP) is 2.57. The maximum Gasteiger partial charge on any atom is 0.276 e. The minimum atomic E-state index is -0.706. The average Bonchev–Trinajstić information content (AvgIpc) is 2.91. The lowest BCUT2D eigenvalue weighted by atomic mass is 9.96. The number of imide groups is 1. The minimum absolute atomic E-state index is 0.207. The highest BCUT2D eigenvalue weighted by molar-refractivity contribution is 6.52. The number of hydrogen-bond donors (Lipinski definition) is 0. The molecule has 1 aliphatic heterocycles. The van der Waals surface area contributed by atoms with Crippen molar-refractivity contribution in [3.63, 3.8) is 0 Å². The van der Waals surface area contributed by atoms with E-state index >= 15 is 0 Å². The van der Waals surface area contributed by atoms with Crippen molar-refractivity contribution in [2.45, 2.75) is 5.92 Å². The van der Waals surface area contributed by atoms with Gasteiger partial charge in [-0.15, -0.1) is 0 Å². The third-order valence-electron chi connectivity index (χ3n) is 4.22. The van der Waals surface area contributed by atoms with E-state index in [-0.39, 0.29) is 30.7 Å². The van der Waals surface area contributed by atoms with Crippen LogP contribution in [-0.4, -0.2) is 49.8 Å². The van der Waals surface area contributed by atoms with Gasteiger partial charge in [0.25, 0.3) is 5.91 Å². The fourth-order valence-corrected chi connectivity index (χ4v) is 2.88. The Bertz CT molecular complexity index is 815. The van der Waals surface area contributed by atoms with Crippen LogP contribution in [0.5, 0.6) is 5.75 Å². The molecule has 26 heavy (non-hydrogen) atoms. The summed E-state index contributed by atoms with van der Waals surface area (Å²) < 4.78 is 10.2. The molecule has 134 valence electrons. The second-order valence-electron chi connectivity index (χ2n) is 5.83. The molecule has 1 saturated heterocycles. The van der Waals surface area contributed by atoms with Crippen molar-refractivity contribution in [1.29, 1.82) is 0 Å². The van der Waals surface area contributed by atoms with E-state index in [1.807, 2.05) is 30.3 Å². The van der Waals surface area contributed by atoms with Crippen LogP contribution in [0.2, 0.25) is 0 Å². The quantitative estimate of drug-likeness (QED) is 0.750. The molecule has 0 aliphatic carbocycles. The number of aliphatic imine (C=N–C) groups is 1. The van der Waals surface area contributed by atoms with Gasteiger partial charge in [-0.05, 0) is 29.8 Å². The molecular formula is C20H20N2O4. The van der Waals surface area contributed by atoms with Gasteiger partial charge in [0.05, 0.1) is 25.9 Å². The summed E-state index contributed by atoms with van der Waals surface area (Å²) in [5, 5.41) is 0. The molecule has 6 nitrogen and oxygen atoms in total. The summed E-state index contributed by atoms with van der Waals surface area (Å²) in [7, 11) is 3.12. The number of likely N-dealkylation sites (tertiary alicyclic amines) is 1. The highest BCUT2D eigenvalue weighted by Crippen LogP contribution is 2.30. The van der Waals surface area contributed by atoms with Crippen molar-refractivity contribution >= 4 is 23.2 Å². The second-order valence-corrected chi connectivity index (χ2v) is 5.83. The van der Waals surface area contributed by atoms with Gasteiger partial charge in [0, 0.05) is 7.11 Å². The monoisotopic (exact) mass is 352 g/mol. The first kappa shape index (κ1) is 17.8. The summed E-state index contributed by atoms with van der Waals surface area (Å²) >= 11 is 0. The Hall–Kier alpha value is -2.99. The van der Waals surface area contributed by atoms with Crippen LogP contribution >= 0.6 is 0 Å². The van der Waals surface area contributed by atoms with Gasteiger partial charge in [-0.2, -0.15) is 0 Å². The van der Waals surface area contributed by atoms with Crippen LogP contribution in [-0.2, 0) is 14.3 Å². The Balaban J connectivity index is 2.01. The molecule has 1 aliphatic rings. The van der Waals surface area contributed by atoms with E-state index in [1.54, 1.807) is 31.4 Å². The summed E-state index contributed by atoms with van der Waals surface area (Å²) in [6, 6.07) is 16.3. The van der Waals surface area contributed by atoms with Crippen LogP contribution in [0.4, 0.5) is 5.69 Å². The van der Waals surface area contributed by atoms with E-state index in [0.717, 1.165) is 5.56 Å². The first-order chi connectivity index (χ1) is 12.7. The number of hydrogen-bond acceptors (Lipinski definition) is 5. The first-order valence-corrected chi connectivity index (χ1v) is 8.28. The van der Waals surface area contributed by atoms with Gasteiger partial charge in [-0.3, -0.25) is 14.5 Å². The maximum atomic E-state index is 12.9. The number of carbonyl (C=O) groups is 2. The lowest BCUT2D eigenvalue weighted by Gasteiger charge is -2.13. The van der Waals surface area contributed by atoms with Crippen molar-refractivity contribution in [2.75, 3.05) is 27.4 Å². The zero-order valence-electron chi connectivity index (χ0n) is 14.7. The fraction of sp³-hybridized carbons (Fsp3) is 0.250. The van der Waals surface area contributed by atoms with Gasteiger partial charge < -0.3 is 9.47 Å². The Morgan fingerprint density at radius 2 is 1.69 bits per heavy atom. The van der Waals surface area contributed by atoms with E-state index in [4.69, 9.17) is 9.47 Å². The molecule has 1 atom stereocenters. The molecule has 0 spiro atoms. The van der Waals surface area contributed by atoms with E-state index in [1.165, 1.54) is 12.0 Å².